The van der Waals surface area contributed by atoms with Crippen molar-refractivity contribution in [2.45, 2.75) is 13.0 Å². The smallest absolute Gasteiger partial charge is 0.325 e. The van der Waals surface area contributed by atoms with E-state index >= 15 is 0 Å². The van der Waals surface area contributed by atoms with Crippen LogP contribution in [0.25, 0.3) is 0 Å². The Morgan fingerprint density at radius 1 is 1.56 bits per heavy atom. The second kappa shape index (κ2) is 5.01. The van der Waals surface area contributed by atoms with Gasteiger partial charge in [0, 0.05) is 11.3 Å². The van der Waals surface area contributed by atoms with Crippen LogP contribution in [0.5, 0.6) is 0 Å². The summed E-state index contributed by atoms with van der Waals surface area (Å²) in [5.74, 6) is -0.971. The van der Waals surface area contributed by atoms with Gasteiger partial charge in [0.2, 0.25) is 0 Å². The summed E-state index contributed by atoms with van der Waals surface area (Å²) in [6, 6.07) is 5.94. The molecule has 0 radical (unpaired) electrons. The number of benzene rings is 1. The topological polar surface area (TPSA) is 108 Å². The number of anilines is 1. The maximum Gasteiger partial charge on any atom is 0.325 e. The van der Waals surface area contributed by atoms with Crippen molar-refractivity contribution in [3.8, 4) is 0 Å². The van der Waals surface area contributed by atoms with Gasteiger partial charge in [0.1, 0.15) is 6.04 Å². The Labute approximate surface area is 92.4 Å². The molecule has 1 atom stereocenters. The standard InChI is InChI=1S/C10H13N3O3/c1-6(10(14)15)12-8-4-2-3-7(5-8)9(11)13-16/h2-6,12,16H,1H3,(H2,11,13)(H,14,15)/t6-/m0/s1. The van der Waals surface area contributed by atoms with Gasteiger partial charge in [0.25, 0.3) is 0 Å². The van der Waals surface area contributed by atoms with Crippen molar-refractivity contribution < 1.29 is 15.1 Å². The molecule has 0 unspecified atom stereocenters. The minimum absolute atomic E-state index is 0.0216. The summed E-state index contributed by atoms with van der Waals surface area (Å²) < 4.78 is 0. The van der Waals surface area contributed by atoms with E-state index in [4.69, 9.17) is 16.0 Å². The van der Waals surface area contributed by atoms with Crippen molar-refractivity contribution in [3.05, 3.63) is 29.8 Å². The fourth-order valence-electron chi connectivity index (χ4n) is 1.14. The lowest BCUT2D eigenvalue weighted by Crippen LogP contribution is -2.25. The molecule has 16 heavy (non-hydrogen) atoms. The van der Waals surface area contributed by atoms with Crippen molar-refractivity contribution in [1.29, 1.82) is 0 Å². The van der Waals surface area contributed by atoms with Crippen molar-refractivity contribution in [1.82, 2.24) is 0 Å². The van der Waals surface area contributed by atoms with Crippen LogP contribution in [0, 0.1) is 0 Å². The van der Waals surface area contributed by atoms with Crippen LogP contribution < -0.4 is 11.1 Å². The van der Waals surface area contributed by atoms with Gasteiger partial charge in [-0.25, -0.2) is 0 Å². The Morgan fingerprint density at radius 2 is 2.25 bits per heavy atom. The Kier molecular flexibility index (Phi) is 3.71. The Morgan fingerprint density at radius 3 is 2.81 bits per heavy atom. The lowest BCUT2D eigenvalue weighted by Gasteiger charge is -2.11. The highest BCUT2D eigenvalue weighted by molar-refractivity contribution is 5.97. The molecule has 0 aromatic heterocycles. The third kappa shape index (κ3) is 2.88. The molecule has 0 fully saturated rings. The molecule has 0 spiro atoms. The number of nitrogens with zero attached hydrogens (tertiary/aromatic N) is 1. The predicted octanol–water partition coefficient (Wildman–Crippen LogP) is 0.666. The highest BCUT2D eigenvalue weighted by atomic mass is 16.4. The van der Waals surface area contributed by atoms with Gasteiger partial charge in [-0.2, -0.15) is 0 Å². The van der Waals surface area contributed by atoms with Gasteiger partial charge in [0.05, 0.1) is 0 Å². The second-order valence-corrected chi connectivity index (χ2v) is 3.27. The van der Waals surface area contributed by atoms with E-state index in [0.717, 1.165) is 0 Å². The van der Waals surface area contributed by atoms with Crippen LogP contribution in [0.3, 0.4) is 0 Å². The van der Waals surface area contributed by atoms with Crippen LogP contribution in [-0.2, 0) is 4.79 Å². The number of rotatable bonds is 4. The Hall–Kier alpha value is -2.24. The van der Waals surface area contributed by atoms with Crippen LogP contribution in [0.1, 0.15) is 12.5 Å². The molecular weight excluding hydrogens is 210 g/mol. The molecule has 0 saturated carbocycles. The lowest BCUT2D eigenvalue weighted by atomic mass is 10.1. The van der Waals surface area contributed by atoms with E-state index in [1.54, 1.807) is 24.3 Å². The molecular formula is C10H13N3O3. The van der Waals surface area contributed by atoms with Crippen LogP contribution >= 0.6 is 0 Å². The number of hydrogen-bond donors (Lipinski definition) is 4. The largest absolute Gasteiger partial charge is 0.480 e. The fourth-order valence-corrected chi connectivity index (χ4v) is 1.14. The van der Waals surface area contributed by atoms with Gasteiger partial charge in [-0.15, -0.1) is 0 Å². The van der Waals surface area contributed by atoms with Crippen LogP contribution in [0.15, 0.2) is 29.4 Å². The number of carboxylic acid groups (broad SMARTS) is 1. The minimum atomic E-state index is -0.950. The Balaban J connectivity index is 2.87. The fraction of sp³-hybridized carbons (Fsp3) is 0.200. The maximum absolute atomic E-state index is 10.6. The van der Waals surface area contributed by atoms with E-state index in [9.17, 15) is 4.79 Å². The number of hydrogen-bond acceptors (Lipinski definition) is 4. The molecule has 0 aliphatic rings. The first-order chi connectivity index (χ1) is 7.54. The average molecular weight is 223 g/mol. The summed E-state index contributed by atoms with van der Waals surface area (Å²) in [7, 11) is 0. The normalized spacial score (nSPS) is 13.2. The number of amidine groups is 1. The van der Waals surface area contributed by atoms with Crippen molar-refractivity contribution in [3.63, 3.8) is 0 Å². The summed E-state index contributed by atoms with van der Waals surface area (Å²) in [6.45, 7) is 1.53. The zero-order chi connectivity index (χ0) is 12.1. The summed E-state index contributed by atoms with van der Waals surface area (Å²) in [5, 5.41) is 22.8. The monoisotopic (exact) mass is 223 g/mol. The van der Waals surface area contributed by atoms with E-state index in [1.165, 1.54) is 6.92 Å². The molecule has 6 heteroatoms. The first-order valence-corrected chi connectivity index (χ1v) is 4.62. The molecule has 1 rings (SSSR count). The molecule has 0 heterocycles. The average Bonchev–Trinajstić information content (AvgIpc) is 2.28. The number of nitrogens with two attached hydrogens (primary N) is 1. The van der Waals surface area contributed by atoms with E-state index < -0.39 is 12.0 Å². The second-order valence-electron chi connectivity index (χ2n) is 3.27. The number of carbonyl (C=O) groups is 1. The third-order valence-electron chi connectivity index (χ3n) is 2.02. The molecule has 86 valence electrons. The molecule has 0 saturated heterocycles. The highest BCUT2D eigenvalue weighted by Gasteiger charge is 2.10. The van der Waals surface area contributed by atoms with Crippen molar-refractivity contribution in [2.24, 2.45) is 10.9 Å². The van der Waals surface area contributed by atoms with Gasteiger partial charge in [0.15, 0.2) is 5.84 Å². The van der Waals surface area contributed by atoms with E-state index in [1.807, 2.05) is 0 Å². The number of aliphatic carboxylic acids is 1. The minimum Gasteiger partial charge on any atom is -0.480 e. The molecule has 0 aliphatic carbocycles. The van der Waals surface area contributed by atoms with Gasteiger partial charge in [-0.3, -0.25) is 4.79 Å². The SMILES string of the molecule is C[C@H](Nc1cccc(C(N)=NO)c1)C(=O)O. The van der Waals surface area contributed by atoms with Crippen LogP contribution in [0.4, 0.5) is 5.69 Å². The van der Waals surface area contributed by atoms with Crippen molar-refractivity contribution in [2.75, 3.05) is 5.32 Å². The summed E-state index contributed by atoms with van der Waals surface area (Å²) >= 11 is 0. The van der Waals surface area contributed by atoms with Crippen molar-refractivity contribution >= 4 is 17.5 Å². The summed E-state index contributed by atoms with van der Waals surface area (Å²) in [5.41, 5.74) is 6.52. The van der Waals surface area contributed by atoms with Gasteiger partial charge in [-0.1, -0.05) is 17.3 Å². The third-order valence-corrected chi connectivity index (χ3v) is 2.02. The maximum atomic E-state index is 10.6. The van der Waals surface area contributed by atoms with E-state index in [-0.39, 0.29) is 5.84 Å². The van der Waals surface area contributed by atoms with Gasteiger partial charge in [-0.05, 0) is 19.1 Å². The summed E-state index contributed by atoms with van der Waals surface area (Å²) in [6.07, 6.45) is 0. The quantitative estimate of drug-likeness (QED) is 0.259. The van der Waals surface area contributed by atoms with Gasteiger partial charge < -0.3 is 21.4 Å². The van der Waals surface area contributed by atoms with E-state index in [0.29, 0.717) is 11.3 Å². The highest BCUT2D eigenvalue weighted by Crippen LogP contribution is 2.11. The molecule has 0 amide bonds. The molecule has 0 bridgehead atoms. The first kappa shape index (κ1) is 11.8. The molecule has 1 aromatic carbocycles. The molecule has 0 aliphatic heterocycles. The number of nitrogens with one attached hydrogen (secondary N) is 1. The molecule has 5 N–H and O–H groups in total. The molecule has 6 nitrogen and oxygen atoms in total. The first-order valence-electron chi connectivity index (χ1n) is 4.62. The molecule has 1 aromatic rings. The summed E-state index contributed by atoms with van der Waals surface area (Å²) in [4.78, 5) is 10.6. The Bertz CT molecular complexity index is 418. The van der Waals surface area contributed by atoms with Crippen LogP contribution in [-0.4, -0.2) is 28.2 Å². The number of carboxylic acids is 1. The van der Waals surface area contributed by atoms with Crippen LogP contribution in [0.2, 0.25) is 0 Å². The van der Waals surface area contributed by atoms with E-state index in [2.05, 4.69) is 10.5 Å². The lowest BCUT2D eigenvalue weighted by molar-refractivity contribution is -0.137. The predicted molar refractivity (Wildman–Crippen MR) is 59.7 cm³/mol. The van der Waals surface area contributed by atoms with Gasteiger partial charge >= 0.3 is 5.97 Å². The zero-order valence-corrected chi connectivity index (χ0v) is 8.71. The number of oxime groups is 1. The zero-order valence-electron chi connectivity index (χ0n) is 8.71.